The summed E-state index contributed by atoms with van der Waals surface area (Å²) in [6, 6.07) is 2.00. The third-order valence-electron chi connectivity index (χ3n) is 4.67. The molecular weight excluding hydrogens is 274 g/mol. The minimum atomic E-state index is 0.119. The third-order valence-corrected chi connectivity index (χ3v) is 4.67. The molecule has 0 aromatic carbocycles. The van der Waals surface area contributed by atoms with Gasteiger partial charge in [-0.05, 0) is 62.8 Å². The molecule has 0 saturated heterocycles. The summed E-state index contributed by atoms with van der Waals surface area (Å²) >= 11 is 0. The second-order valence-electron chi connectivity index (χ2n) is 6.20. The fourth-order valence-corrected chi connectivity index (χ4v) is 3.48. The maximum absolute atomic E-state index is 5.72. The zero-order chi connectivity index (χ0) is 15.9. The van der Waals surface area contributed by atoms with Crippen LogP contribution in [0.4, 0.5) is 0 Å². The molecule has 22 heavy (non-hydrogen) atoms. The summed E-state index contributed by atoms with van der Waals surface area (Å²) in [5.41, 5.74) is 5.80. The number of aryl methyl sites for hydroxylation is 1. The first-order valence-corrected chi connectivity index (χ1v) is 8.14. The van der Waals surface area contributed by atoms with Gasteiger partial charge in [-0.1, -0.05) is 13.8 Å². The largest absolute Gasteiger partial charge is 0.462 e. The molecule has 1 atom stereocenters. The second kappa shape index (κ2) is 5.67. The van der Waals surface area contributed by atoms with Crippen molar-refractivity contribution < 1.29 is 4.42 Å². The highest BCUT2D eigenvalue weighted by molar-refractivity contribution is 5.95. The van der Waals surface area contributed by atoms with Gasteiger partial charge in [-0.3, -0.25) is 0 Å². The van der Waals surface area contributed by atoms with E-state index >= 15 is 0 Å². The Morgan fingerprint density at radius 1 is 1.27 bits per heavy atom. The van der Waals surface area contributed by atoms with Gasteiger partial charge >= 0.3 is 0 Å². The lowest BCUT2D eigenvalue weighted by Gasteiger charge is -2.33. The number of rotatable bonds is 4. The molecule has 1 N–H and O–H groups in total. The molecule has 0 bridgehead atoms. The van der Waals surface area contributed by atoms with Crippen LogP contribution in [0.3, 0.4) is 0 Å². The Morgan fingerprint density at radius 2 is 2.00 bits per heavy atom. The van der Waals surface area contributed by atoms with Gasteiger partial charge < -0.3 is 9.73 Å². The molecule has 0 spiro atoms. The predicted octanol–water partition coefficient (Wildman–Crippen LogP) is 4.26. The topological polar surface area (TPSA) is 40.8 Å². The van der Waals surface area contributed by atoms with Crippen molar-refractivity contribution in [2.24, 2.45) is 11.0 Å². The van der Waals surface area contributed by atoms with E-state index in [2.05, 4.69) is 51.0 Å². The molecule has 0 fully saturated rings. The molecular formula is C18H25N3O. The van der Waals surface area contributed by atoms with Crippen LogP contribution in [0.1, 0.15) is 51.9 Å². The number of furan rings is 1. The van der Waals surface area contributed by atoms with Crippen molar-refractivity contribution >= 4 is 11.4 Å². The maximum Gasteiger partial charge on any atom is 0.156 e. The number of nitrogens with one attached hydrogen (secondary N) is 1. The average Bonchev–Trinajstić information content (AvgIpc) is 3.03. The van der Waals surface area contributed by atoms with Gasteiger partial charge in [-0.15, -0.1) is 0 Å². The quantitative estimate of drug-likeness (QED) is 0.903. The Kier molecular flexibility index (Phi) is 3.85. The molecule has 1 aromatic rings. The standard InChI is InChI=1S/C18H25N3O/c1-6-14(7-2)15-10-12(4)20-21-16(13(5)19-18(15)21)17-11(3)8-9-22-17/h8-10,14,18-19H,6-7H2,1-5H3. The van der Waals surface area contributed by atoms with Crippen LogP contribution < -0.4 is 5.32 Å². The number of allylic oxidation sites excluding steroid dienone is 2. The van der Waals surface area contributed by atoms with Crippen LogP contribution in [-0.4, -0.2) is 16.9 Å². The van der Waals surface area contributed by atoms with Crippen molar-refractivity contribution in [1.82, 2.24) is 10.3 Å². The van der Waals surface area contributed by atoms with Crippen LogP contribution in [-0.2, 0) is 0 Å². The Labute approximate surface area is 132 Å². The molecule has 4 heteroatoms. The van der Waals surface area contributed by atoms with Gasteiger partial charge in [0.2, 0.25) is 0 Å². The summed E-state index contributed by atoms with van der Waals surface area (Å²) in [6.45, 7) is 10.8. The lowest BCUT2D eigenvalue weighted by atomic mass is 9.89. The molecule has 2 aliphatic rings. The van der Waals surface area contributed by atoms with Gasteiger partial charge in [0, 0.05) is 5.70 Å². The SMILES string of the molecule is CCC(CC)C1=CC(C)=NN2C(c3occc3C)=C(C)NC12. The highest BCUT2D eigenvalue weighted by Gasteiger charge is 2.38. The van der Waals surface area contributed by atoms with Gasteiger partial charge in [0.05, 0.1) is 12.0 Å². The van der Waals surface area contributed by atoms with Crippen LogP contribution in [0.5, 0.6) is 0 Å². The predicted molar refractivity (Wildman–Crippen MR) is 90.1 cm³/mol. The van der Waals surface area contributed by atoms with Crippen molar-refractivity contribution in [2.75, 3.05) is 0 Å². The Bertz CT molecular complexity index is 662. The minimum Gasteiger partial charge on any atom is -0.462 e. The molecule has 0 aliphatic carbocycles. The van der Waals surface area contributed by atoms with Crippen molar-refractivity contribution in [1.29, 1.82) is 0 Å². The van der Waals surface area contributed by atoms with Crippen LogP contribution in [0.2, 0.25) is 0 Å². The molecule has 2 aliphatic heterocycles. The molecule has 4 nitrogen and oxygen atoms in total. The van der Waals surface area contributed by atoms with E-state index in [4.69, 9.17) is 9.52 Å². The molecule has 118 valence electrons. The van der Waals surface area contributed by atoms with Crippen molar-refractivity contribution in [3.63, 3.8) is 0 Å². The van der Waals surface area contributed by atoms with Crippen LogP contribution >= 0.6 is 0 Å². The number of fused-ring (bicyclic) bond motifs is 1. The maximum atomic E-state index is 5.72. The highest BCUT2D eigenvalue weighted by Crippen LogP contribution is 2.38. The smallest absolute Gasteiger partial charge is 0.156 e. The van der Waals surface area contributed by atoms with Crippen LogP contribution in [0, 0.1) is 12.8 Å². The van der Waals surface area contributed by atoms with E-state index in [0.717, 1.165) is 41.3 Å². The number of nitrogens with zero attached hydrogens (tertiary/aromatic N) is 2. The summed E-state index contributed by atoms with van der Waals surface area (Å²) in [4.78, 5) is 0. The Hall–Kier alpha value is -1.97. The highest BCUT2D eigenvalue weighted by atomic mass is 16.3. The number of hydrazone groups is 1. The molecule has 0 amide bonds. The fourth-order valence-electron chi connectivity index (χ4n) is 3.48. The average molecular weight is 299 g/mol. The summed E-state index contributed by atoms with van der Waals surface area (Å²) < 4.78 is 5.72. The Morgan fingerprint density at radius 3 is 2.59 bits per heavy atom. The van der Waals surface area contributed by atoms with Crippen molar-refractivity contribution in [2.45, 2.75) is 53.6 Å². The van der Waals surface area contributed by atoms with E-state index in [1.807, 2.05) is 6.07 Å². The first kappa shape index (κ1) is 14.9. The molecule has 0 radical (unpaired) electrons. The zero-order valence-electron chi connectivity index (χ0n) is 14.1. The van der Waals surface area contributed by atoms with Crippen LogP contribution in [0.25, 0.3) is 5.70 Å². The van der Waals surface area contributed by atoms with Crippen molar-refractivity contribution in [3.05, 3.63) is 41.0 Å². The van der Waals surface area contributed by atoms with Gasteiger partial charge in [0.1, 0.15) is 11.9 Å². The zero-order valence-corrected chi connectivity index (χ0v) is 14.1. The third kappa shape index (κ3) is 2.27. The second-order valence-corrected chi connectivity index (χ2v) is 6.20. The summed E-state index contributed by atoms with van der Waals surface area (Å²) in [5, 5.41) is 10.5. The van der Waals surface area contributed by atoms with Gasteiger partial charge in [-0.25, -0.2) is 5.01 Å². The van der Waals surface area contributed by atoms with Gasteiger partial charge in [-0.2, -0.15) is 5.10 Å². The number of hydrogen-bond donors (Lipinski definition) is 1. The summed E-state index contributed by atoms with van der Waals surface area (Å²) in [7, 11) is 0. The molecule has 3 heterocycles. The monoisotopic (exact) mass is 299 g/mol. The molecule has 3 rings (SSSR count). The van der Waals surface area contributed by atoms with E-state index in [1.165, 1.54) is 5.57 Å². The van der Waals surface area contributed by atoms with Crippen molar-refractivity contribution in [3.8, 4) is 0 Å². The van der Waals surface area contributed by atoms with E-state index in [9.17, 15) is 0 Å². The molecule has 1 unspecified atom stereocenters. The lowest BCUT2D eigenvalue weighted by Crippen LogP contribution is -2.40. The van der Waals surface area contributed by atoms with Gasteiger partial charge in [0.15, 0.2) is 5.76 Å². The molecule has 1 aromatic heterocycles. The van der Waals surface area contributed by atoms with E-state index < -0.39 is 0 Å². The van der Waals surface area contributed by atoms with E-state index in [-0.39, 0.29) is 6.17 Å². The van der Waals surface area contributed by atoms with E-state index in [0.29, 0.717) is 5.92 Å². The normalized spacial score (nSPS) is 21.0. The van der Waals surface area contributed by atoms with Gasteiger partial charge in [0.25, 0.3) is 0 Å². The first-order valence-electron chi connectivity index (χ1n) is 8.14. The summed E-state index contributed by atoms with van der Waals surface area (Å²) in [6.07, 6.45) is 6.41. The number of hydrogen-bond acceptors (Lipinski definition) is 4. The minimum absolute atomic E-state index is 0.119. The lowest BCUT2D eigenvalue weighted by molar-refractivity contribution is 0.303. The Balaban J connectivity index is 2.02. The molecule has 0 saturated carbocycles. The van der Waals surface area contributed by atoms with Crippen LogP contribution in [0.15, 0.2) is 39.2 Å². The van der Waals surface area contributed by atoms with E-state index in [1.54, 1.807) is 6.26 Å². The summed E-state index contributed by atoms with van der Waals surface area (Å²) in [5.74, 6) is 1.49. The first-order chi connectivity index (χ1) is 10.6. The fraction of sp³-hybridized carbons (Fsp3) is 0.500.